The van der Waals surface area contributed by atoms with Crippen LogP contribution in [0.5, 0.6) is 5.75 Å². The number of aryl methyl sites for hydroxylation is 1. The highest BCUT2D eigenvalue weighted by Crippen LogP contribution is 2.23. The average molecular weight is 425 g/mol. The normalized spacial score (nSPS) is 11.2. The van der Waals surface area contributed by atoms with Crippen LogP contribution < -0.4 is 14.8 Å². The quantitative estimate of drug-likeness (QED) is 0.569. The van der Waals surface area contributed by atoms with E-state index in [-0.39, 0.29) is 22.3 Å². The summed E-state index contributed by atoms with van der Waals surface area (Å²) >= 11 is 0. The third kappa shape index (κ3) is 5.39. The molecule has 0 aliphatic carbocycles. The molecule has 3 rings (SSSR count). The Bertz CT molecular complexity index is 1120. The number of hydrogen-bond donors (Lipinski definition) is 2. The molecule has 2 N–H and O–H groups in total. The lowest BCUT2D eigenvalue weighted by Crippen LogP contribution is -2.18. The molecule has 0 saturated heterocycles. The Kier molecular flexibility index (Phi) is 6.42. The lowest BCUT2D eigenvalue weighted by molar-refractivity contribution is 0.102. The number of hydrogen-bond acceptors (Lipinski definition) is 4. The Labute approximate surface area is 177 Å². The summed E-state index contributed by atoms with van der Waals surface area (Å²) in [5.41, 5.74) is 1.96. The van der Waals surface area contributed by atoms with Crippen molar-refractivity contribution in [1.82, 2.24) is 0 Å². The van der Waals surface area contributed by atoms with Gasteiger partial charge in [-0.3, -0.25) is 9.52 Å². The predicted molar refractivity (Wildman–Crippen MR) is 119 cm³/mol. The van der Waals surface area contributed by atoms with Gasteiger partial charge in [-0.25, -0.2) is 8.42 Å². The third-order valence-corrected chi connectivity index (χ3v) is 5.61. The summed E-state index contributed by atoms with van der Waals surface area (Å²) < 4.78 is 33.5. The van der Waals surface area contributed by atoms with Gasteiger partial charge in [-0.15, -0.1) is 0 Å². The van der Waals surface area contributed by atoms with Crippen molar-refractivity contribution in [2.45, 2.75) is 31.8 Å². The molecule has 0 heterocycles. The van der Waals surface area contributed by atoms with Crippen molar-refractivity contribution < 1.29 is 17.9 Å². The summed E-state index contributed by atoms with van der Waals surface area (Å²) in [5, 5.41) is 2.78. The first-order valence-corrected chi connectivity index (χ1v) is 11.0. The van der Waals surface area contributed by atoms with E-state index in [1.807, 2.05) is 20.8 Å². The molecule has 0 radical (unpaired) electrons. The van der Waals surface area contributed by atoms with Gasteiger partial charge in [0.1, 0.15) is 5.75 Å². The van der Waals surface area contributed by atoms with Gasteiger partial charge in [0.15, 0.2) is 0 Å². The van der Waals surface area contributed by atoms with Crippen LogP contribution >= 0.6 is 0 Å². The summed E-state index contributed by atoms with van der Waals surface area (Å²) in [6.07, 6.45) is 0.0545. The van der Waals surface area contributed by atoms with Gasteiger partial charge in [0, 0.05) is 5.69 Å². The van der Waals surface area contributed by atoms with E-state index in [0.29, 0.717) is 11.4 Å². The third-order valence-electron chi connectivity index (χ3n) is 4.23. The van der Waals surface area contributed by atoms with Crippen LogP contribution in [0.4, 0.5) is 11.4 Å². The first-order chi connectivity index (χ1) is 14.2. The number of para-hydroxylation sites is 1. The summed E-state index contributed by atoms with van der Waals surface area (Å²) in [4.78, 5) is 12.9. The molecular formula is C23H24N2O4S. The highest BCUT2D eigenvalue weighted by molar-refractivity contribution is 7.92. The fourth-order valence-electron chi connectivity index (χ4n) is 2.78. The summed E-state index contributed by atoms with van der Waals surface area (Å²) in [7, 11) is -3.82. The van der Waals surface area contributed by atoms with E-state index in [4.69, 9.17) is 4.74 Å². The minimum Gasteiger partial charge on any atom is -0.491 e. The van der Waals surface area contributed by atoms with Crippen LogP contribution in [0.3, 0.4) is 0 Å². The zero-order chi connectivity index (χ0) is 21.7. The molecule has 0 aliphatic rings. The molecule has 0 spiro atoms. The smallest absolute Gasteiger partial charge is 0.261 e. The lowest BCUT2D eigenvalue weighted by Gasteiger charge is -2.14. The largest absolute Gasteiger partial charge is 0.491 e. The van der Waals surface area contributed by atoms with Crippen molar-refractivity contribution in [2.75, 3.05) is 10.0 Å². The zero-order valence-corrected chi connectivity index (χ0v) is 17.9. The van der Waals surface area contributed by atoms with Crippen LogP contribution in [0.25, 0.3) is 0 Å². The fourth-order valence-corrected chi connectivity index (χ4v) is 3.86. The Morgan fingerprint density at radius 3 is 2.17 bits per heavy atom. The van der Waals surface area contributed by atoms with E-state index < -0.39 is 15.9 Å². The molecule has 6 nitrogen and oxygen atoms in total. The second-order valence-corrected chi connectivity index (χ2v) is 8.79. The number of carbonyl (C=O) groups is 1. The number of anilines is 2. The zero-order valence-electron chi connectivity index (χ0n) is 17.0. The van der Waals surface area contributed by atoms with E-state index in [0.717, 1.165) is 5.56 Å². The number of benzene rings is 3. The molecule has 156 valence electrons. The molecule has 0 aliphatic heterocycles. The summed E-state index contributed by atoms with van der Waals surface area (Å²) in [6.45, 7) is 5.75. The second kappa shape index (κ2) is 9.00. The first kappa shape index (κ1) is 21.4. The molecule has 0 aromatic heterocycles. The maximum atomic E-state index is 12.8. The Morgan fingerprint density at radius 2 is 1.53 bits per heavy atom. The molecule has 0 bridgehead atoms. The van der Waals surface area contributed by atoms with E-state index in [1.54, 1.807) is 60.7 Å². The molecule has 7 heteroatoms. The SMILES string of the molecule is Cc1ccc(S(=O)(=O)Nc2ccccc2C(=O)Nc2ccc(OC(C)C)cc2)cc1. The van der Waals surface area contributed by atoms with Crippen molar-refractivity contribution in [3.63, 3.8) is 0 Å². The molecule has 30 heavy (non-hydrogen) atoms. The maximum absolute atomic E-state index is 12.8. The van der Waals surface area contributed by atoms with Crippen LogP contribution in [0.1, 0.15) is 29.8 Å². The molecule has 1 amide bonds. The van der Waals surface area contributed by atoms with Crippen molar-refractivity contribution in [3.05, 3.63) is 83.9 Å². The molecular weight excluding hydrogens is 400 g/mol. The minimum atomic E-state index is -3.82. The molecule has 0 unspecified atom stereocenters. The van der Waals surface area contributed by atoms with Crippen LogP contribution in [-0.4, -0.2) is 20.4 Å². The number of sulfonamides is 1. The molecule has 0 atom stereocenters. The van der Waals surface area contributed by atoms with Crippen molar-refractivity contribution in [1.29, 1.82) is 0 Å². The monoisotopic (exact) mass is 424 g/mol. The van der Waals surface area contributed by atoms with Crippen LogP contribution in [0.15, 0.2) is 77.7 Å². The predicted octanol–water partition coefficient (Wildman–Crippen LogP) is 4.84. The van der Waals surface area contributed by atoms with Gasteiger partial charge in [-0.1, -0.05) is 29.8 Å². The van der Waals surface area contributed by atoms with Crippen molar-refractivity contribution >= 4 is 27.3 Å². The second-order valence-electron chi connectivity index (χ2n) is 7.11. The number of nitrogens with one attached hydrogen (secondary N) is 2. The van der Waals surface area contributed by atoms with E-state index >= 15 is 0 Å². The van der Waals surface area contributed by atoms with E-state index in [9.17, 15) is 13.2 Å². The van der Waals surface area contributed by atoms with Crippen LogP contribution in [0.2, 0.25) is 0 Å². The average Bonchev–Trinajstić information content (AvgIpc) is 2.69. The fraction of sp³-hybridized carbons (Fsp3) is 0.174. The van der Waals surface area contributed by atoms with E-state index in [1.165, 1.54) is 12.1 Å². The Balaban J connectivity index is 1.79. The number of ether oxygens (including phenoxy) is 1. The van der Waals surface area contributed by atoms with Crippen LogP contribution in [-0.2, 0) is 10.0 Å². The van der Waals surface area contributed by atoms with Gasteiger partial charge in [-0.05, 0) is 69.3 Å². The number of carbonyl (C=O) groups excluding carboxylic acids is 1. The van der Waals surface area contributed by atoms with Crippen LogP contribution in [0, 0.1) is 6.92 Å². The Hall–Kier alpha value is -3.32. The molecule has 3 aromatic carbocycles. The lowest BCUT2D eigenvalue weighted by atomic mass is 10.1. The van der Waals surface area contributed by atoms with Gasteiger partial charge in [0.2, 0.25) is 0 Å². The van der Waals surface area contributed by atoms with Gasteiger partial charge in [0.25, 0.3) is 15.9 Å². The van der Waals surface area contributed by atoms with Gasteiger partial charge < -0.3 is 10.1 Å². The summed E-state index contributed by atoms with van der Waals surface area (Å²) in [5.74, 6) is 0.281. The number of amides is 1. The van der Waals surface area contributed by atoms with E-state index in [2.05, 4.69) is 10.0 Å². The Morgan fingerprint density at radius 1 is 0.900 bits per heavy atom. The highest BCUT2D eigenvalue weighted by Gasteiger charge is 2.18. The van der Waals surface area contributed by atoms with Gasteiger partial charge >= 0.3 is 0 Å². The molecule has 0 saturated carbocycles. The first-order valence-electron chi connectivity index (χ1n) is 9.51. The minimum absolute atomic E-state index is 0.0545. The topological polar surface area (TPSA) is 84.5 Å². The maximum Gasteiger partial charge on any atom is 0.261 e. The number of rotatable bonds is 7. The van der Waals surface area contributed by atoms with Crippen molar-refractivity contribution in [2.24, 2.45) is 0 Å². The standard InChI is InChI=1S/C23H24N2O4S/c1-16(2)29-19-12-10-18(11-13-19)24-23(26)21-6-4-5-7-22(21)25-30(27,28)20-14-8-17(3)9-15-20/h4-16,25H,1-3H3,(H,24,26). The van der Waals surface area contributed by atoms with Crippen molar-refractivity contribution in [3.8, 4) is 5.75 Å². The highest BCUT2D eigenvalue weighted by atomic mass is 32.2. The molecule has 0 fully saturated rings. The molecule has 3 aromatic rings. The summed E-state index contributed by atoms with van der Waals surface area (Å²) in [6, 6.07) is 20.0. The van der Waals surface area contributed by atoms with Gasteiger partial charge in [-0.2, -0.15) is 0 Å². The van der Waals surface area contributed by atoms with Gasteiger partial charge in [0.05, 0.1) is 22.3 Å².